The van der Waals surface area contributed by atoms with E-state index >= 15 is 0 Å². The highest BCUT2D eigenvalue weighted by molar-refractivity contribution is 9.10. The molecule has 1 heterocycles. The van der Waals surface area contributed by atoms with Gasteiger partial charge in [0, 0.05) is 17.2 Å². The van der Waals surface area contributed by atoms with Gasteiger partial charge in [-0.05, 0) is 34.8 Å². The van der Waals surface area contributed by atoms with E-state index in [1.54, 1.807) is 12.1 Å². The molecule has 2 rings (SSSR count). The molecule has 0 saturated carbocycles. The number of unbranched alkanes of at least 4 members (excludes halogenated alkanes) is 1. The molecule has 0 bridgehead atoms. The fourth-order valence-electron chi connectivity index (χ4n) is 3.24. The standard InChI is InChI=1S/C18H24BrNO3S/c1-5-8-9-18(7-3)12-24(21,22)17-11-16(23-4)14(19)10-13(17)15(6-2)20-18/h2,10-11,15,20H,5,7-9,12H2,1,3-4H3. The molecule has 0 fully saturated rings. The Morgan fingerprint density at radius 1 is 1.46 bits per heavy atom. The molecule has 4 nitrogen and oxygen atoms in total. The lowest BCUT2D eigenvalue weighted by Gasteiger charge is -2.34. The fourth-order valence-corrected chi connectivity index (χ4v) is 5.90. The third-order valence-corrected chi connectivity index (χ3v) is 7.28. The molecule has 0 amide bonds. The van der Waals surface area contributed by atoms with Crippen molar-refractivity contribution < 1.29 is 13.2 Å². The largest absolute Gasteiger partial charge is 0.496 e. The molecular weight excluding hydrogens is 390 g/mol. The SMILES string of the molecule is C#CC1NC(CC)(CCCC)CS(=O)(=O)c2cc(OC)c(Br)cc21. The van der Waals surface area contributed by atoms with Gasteiger partial charge in [0.25, 0.3) is 0 Å². The number of hydrogen-bond donors (Lipinski definition) is 1. The Kier molecular flexibility index (Phi) is 6.00. The Hall–Kier alpha value is -1.03. The molecule has 0 saturated heterocycles. The van der Waals surface area contributed by atoms with Crippen LogP contribution in [0.1, 0.15) is 51.1 Å². The van der Waals surface area contributed by atoms with E-state index in [1.807, 2.05) is 6.92 Å². The molecule has 1 aromatic carbocycles. The van der Waals surface area contributed by atoms with Crippen LogP contribution in [0.15, 0.2) is 21.5 Å². The quantitative estimate of drug-likeness (QED) is 0.744. The fraction of sp³-hybridized carbons (Fsp3) is 0.556. The first-order valence-corrected chi connectivity index (χ1v) is 10.6. The summed E-state index contributed by atoms with van der Waals surface area (Å²) >= 11 is 3.43. The third kappa shape index (κ3) is 3.63. The predicted octanol–water partition coefficient (Wildman–Crippen LogP) is 3.85. The van der Waals surface area contributed by atoms with Crippen molar-refractivity contribution >= 4 is 25.8 Å². The van der Waals surface area contributed by atoms with Crippen molar-refractivity contribution in [2.24, 2.45) is 0 Å². The maximum absolute atomic E-state index is 13.1. The zero-order valence-corrected chi connectivity index (χ0v) is 16.8. The normalized spacial score (nSPS) is 25.4. The van der Waals surface area contributed by atoms with E-state index in [1.165, 1.54) is 7.11 Å². The Bertz CT molecular complexity index is 754. The van der Waals surface area contributed by atoms with E-state index in [2.05, 4.69) is 34.1 Å². The number of nitrogens with one attached hydrogen (secondary N) is 1. The van der Waals surface area contributed by atoms with Crippen molar-refractivity contribution in [1.82, 2.24) is 5.32 Å². The van der Waals surface area contributed by atoms with Crippen molar-refractivity contribution in [3.8, 4) is 18.1 Å². The number of methoxy groups -OCH3 is 1. The molecule has 0 aromatic heterocycles. The van der Waals surface area contributed by atoms with Gasteiger partial charge >= 0.3 is 0 Å². The van der Waals surface area contributed by atoms with Gasteiger partial charge in [0.1, 0.15) is 5.75 Å². The topological polar surface area (TPSA) is 55.4 Å². The molecule has 1 N–H and O–H groups in total. The van der Waals surface area contributed by atoms with E-state index < -0.39 is 21.4 Å². The van der Waals surface area contributed by atoms with Crippen LogP contribution in [0.5, 0.6) is 5.75 Å². The minimum Gasteiger partial charge on any atom is -0.496 e. The van der Waals surface area contributed by atoms with Gasteiger partial charge in [0.2, 0.25) is 0 Å². The number of benzene rings is 1. The van der Waals surface area contributed by atoms with E-state index in [0.29, 0.717) is 22.2 Å². The number of hydrogen-bond acceptors (Lipinski definition) is 4. The van der Waals surface area contributed by atoms with Crippen molar-refractivity contribution in [2.75, 3.05) is 12.9 Å². The molecular formula is C18H24BrNO3S. The highest BCUT2D eigenvalue weighted by Crippen LogP contribution is 2.39. The summed E-state index contributed by atoms with van der Waals surface area (Å²) in [6, 6.07) is 2.89. The lowest BCUT2D eigenvalue weighted by atomic mass is 9.90. The third-order valence-electron chi connectivity index (χ3n) is 4.70. The molecule has 2 atom stereocenters. The van der Waals surface area contributed by atoms with Crippen LogP contribution >= 0.6 is 15.9 Å². The summed E-state index contributed by atoms with van der Waals surface area (Å²) < 4.78 is 32.2. The van der Waals surface area contributed by atoms with Crippen LogP contribution in [0.2, 0.25) is 0 Å². The van der Waals surface area contributed by atoms with Gasteiger partial charge in [0.15, 0.2) is 9.84 Å². The van der Waals surface area contributed by atoms with Crippen LogP contribution in [0.25, 0.3) is 0 Å². The number of rotatable bonds is 5. The molecule has 0 spiro atoms. The minimum atomic E-state index is -3.48. The highest BCUT2D eigenvalue weighted by atomic mass is 79.9. The summed E-state index contributed by atoms with van der Waals surface area (Å²) in [5.41, 5.74) is 0.0990. The molecule has 0 aliphatic carbocycles. The Balaban J connectivity index is 2.64. The summed E-state index contributed by atoms with van der Waals surface area (Å²) in [5, 5.41) is 3.46. The van der Waals surface area contributed by atoms with Gasteiger partial charge in [-0.3, -0.25) is 5.32 Å². The van der Waals surface area contributed by atoms with E-state index in [0.717, 1.165) is 19.3 Å². The van der Waals surface area contributed by atoms with Crippen molar-refractivity contribution in [2.45, 2.75) is 56.0 Å². The summed E-state index contributed by atoms with van der Waals surface area (Å²) in [5.74, 6) is 3.27. The summed E-state index contributed by atoms with van der Waals surface area (Å²) in [7, 11) is -1.96. The molecule has 24 heavy (non-hydrogen) atoms. The summed E-state index contributed by atoms with van der Waals surface area (Å²) in [6.45, 7) is 4.11. The zero-order valence-electron chi connectivity index (χ0n) is 14.4. The first-order valence-electron chi connectivity index (χ1n) is 8.16. The lowest BCUT2D eigenvalue weighted by Crippen LogP contribution is -2.49. The first-order chi connectivity index (χ1) is 11.3. The molecule has 132 valence electrons. The smallest absolute Gasteiger partial charge is 0.180 e. The highest BCUT2D eigenvalue weighted by Gasteiger charge is 2.41. The lowest BCUT2D eigenvalue weighted by molar-refractivity contribution is 0.301. The molecule has 6 heteroatoms. The van der Waals surface area contributed by atoms with E-state index in [9.17, 15) is 8.42 Å². The molecule has 0 radical (unpaired) electrons. The number of ether oxygens (including phenoxy) is 1. The first kappa shape index (κ1) is 19.3. The molecule has 1 aliphatic heterocycles. The van der Waals surface area contributed by atoms with Crippen LogP contribution in [0, 0.1) is 12.3 Å². The number of terminal acetylenes is 1. The maximum Gasteiger partial charge on any atom is 0.180 e. The second-order valence-electron chi connectivity index (χ2n) is 6.27. The molecule has 1 aromatic rings. The second-order valence-corrected chi connectivity index (χ2v) is 9.08. The van der Waals surface area contributed by atoms with Crippen LogP contribution in [-0.2, 0) is 9.84 Å². The van der Waals surface area contributed by atoms with Crippen LogP contribution in [0.4, 0.5) is 0 Å². The minimum absolute atomic E-state index is 0.0481. The Labute approximate surface area is 153 Å². The zero-order chi connectivity index (χ0) is 18.0. The van der Waals surface area contributed by atoms with Gasteiger partial charge < -0.3 is 4.74 Å². The van der Waals surface area contributed by atoms with Crippen molar-refractivity contribution in [3.05, 3.63) is 22.2 Å². The maximum atomic E-state index is 13.1. The summed E-state index contributed by atoms with van der Waals surface area (Å²) in [4.78, 5) is 0.268. The van der Waals surface area contributed by atoms with Crippen LogP contribution in [0.3, 0.4) is 0 Å². The van der Waals surface area contributed by atoms with Gasteiger partial charge in [0.05, 0.1) is 28.3 Å². The van der Waals surface area contributed by atoms with Crippen LogP contribution in [-0.4, -0.2) is 26.8 Å². The molecule has 1 aliphatic rings. The average molecular weight is 414 g/mol. The van der Waals surface area contributed by atoms with Crippen molar-refractivity contribution in [3.63, 3.8) is 0 Å². The van der Waals surface area contributed by atoms with Crippen LogP contribution < -0.4 is 10.1 Å². The summed E-state index contributed by atoms with van der Waals surface area (Å²) in [6.07, 6.45) is 9.20. The Morgan fingerprint density at radius 3 is 2.71 bits per heavy atom. The van der Waals surface area contributed by atoms with E-state index in [4.69, 9.17) is 11.2 Å². The van der Waals surface area contributed by atoms with Gasteiger partial charge in [-0.15, -0.1) is 6.42 Å². The number of sulfone groups is 1. The van der Waals surface area contributed by atoms with E-state index in [-0.39, 0.29) is 10.6 Å². The van der Waals surface area contributed by atoms with Gasteiger partial charge in [-0.2, -0.15) is 0 Å². The van der Waals surface area contributed by atoms with Gasteiger partial charge in [-0.1, -0.05) is 32.6 Å². The number of halogens is 1. The molecule has 2 unspecified atom stereocenters. The average Bonchev–Trinajstić information content (AvgIpc) is 2.65. The van der Waals surface area contributed by atoms with Crippen molar-refractivity contribution in [1.29, 1.82) is 0 Å². The monoisotopic (exact) mass is 413 g/mol. The number of fused-ring (bicyclic) bond motifs is 1. The predicted molar refractivity (Wildman–Crippen MR) is 100 cm³/mol. The Morgan fingerprint density at radius 2 is 2.17 bits per heavy atom. The van der Waals surface area contributed by atoms with Gasteiger partial charge in [-0.25, -0.2) is 8.42 Å². The second kappa shape index (κ2) is 7.47.